The Kier molecular flexibility index (Phi) is 5.79. The molecule has 0 fully saturated rings. The van der Waals surface area contributed by atoms with Crippen LogP contribution in [0.4, 0.5) is 0 Å². The fraction of sp³-hybridized carbons (Fsp3) is 0.158. The Morgan fingerprint density at radius 2 is 1.68 bits per heavy atom. The monoisotopic (exact) mass is 339 g/mol. The molecule has 0 bridgehead atoms. The van der Waals surface area contributed by atoms with Crippen molar-refractivity contribution in [3.63, 3.8) is 0 Å². The fourth-order valence-corrected chi connectivity index (χ4v) is 2.47. The van der Waals surface area contributed by atoms with Gasteiger partial charge in [-0.25, -0.2) is 0 Å². The van der Waals surface area contributed by atoms with Crippen LogP contribution in [0, 0.1) is 0 Å². The lowest BCUT2D eigenvalue weighted by Gasteiger charge is -2.14. The molecule has 2 aromatic rings. The lowest BCUT2D eigenvalue weighted by molar-refractivity contribution is -0.114. The van der Waals surface area contributed by atoms with Crippen molar-refractivity contribution in [2.24, 2.45) is 16.5 Å². The van der Waals surface area contributed by atoms with Crippen LogP contribution in [0.25, 0.3) is 17.2 Å². The number of amides is 1. The third-order valence-electron chi connectivity index (χ3n) is 3.59. The summed E-state index contributed by atoms with van der Waals surface area (Å²) in [4.78, 5) is 15.5. The smallest absolute Gasteiger partial charge is 0.275 e. The molecule has 4 N–H and O–H groups in total. The first-order valence-electron chi connectivity index (χ1n) is 7.60. The number of carbonyl (C=O) groups is 1. The van der Waals surface area contributed by atoms with E-state index >= 15 is 0 Å². The number of hydrogen-bond acceptors (Lipinski definition) is 3. The van der Waals surface area contributed by atoms with Gasteiger partial charge in [0.1, 0.15) is 0 Å². The lowest BCUT2D eigenvalue weighted by atomic mass is 9.97. The summed E-state index contributed by atoms with van der Waals surface area (Å²) >= 11 is 0. The SMILES string of the molecule is COc1cccc(-c2ccccc2C=C(C)C(=O)N=C(N)N)c1OC. The van der Waals surface area contributed by atoms with E-state index in [4.69, 9.17) is 20.9 Å². The van der Waals surface area contributed by atoms with Crippen LogP contribution in [0.2, 0.25) is 0 Å². The van der Waals surface area contributed by atoms with Crippen LogP contribution in [0.3, 0.4) is 0 Å². The van der Waals surface area contributed by atoms with Crippen LogP contribution in [-0.2, 0) is 4.79 Å². The normalized spacial score (nSPS) is 10.9. The van der Waals surface area contributed by atoms with E-state index in [1.807, 2.05) is 42.5 Å². The summed E-state index contributed by atoms with van der Waals surface area (Å²) in [7, 11) is 3.18. The minimum absolute atomic E-state index is 0.263. The Morgan fingerprint density at radius 1 is 1.00 bits per heavy atom. The van der Waals surface area contributed by atoms with Gasteiger partial charge < -0.3 is 20.9 Å². The second kappa shape index (κ2) is 8.01. The van der Waals surface area contributed by atoms with Crippen LogP contribution in [-0.4, -0.2) is 26.1 Å². The molecule has 0 aliphatic carbocycles. The van der Waals surface area contributed by atoms with Crippen molar-refractivity contribution in [2.75, 3.05) is 14.2 Å². The highest BCUT2D eigenvalue weighted by molar-refractivity contribution is 6.04. The molecule has 2 aromatic carbocycles. The standard InChI is InChI=1S/C19H21N3O3/c1-12(18(23)22-19(20)21)11-13-7-4-5-8-14(13)15-9-6-10-16(24-2)17(15)25-3/h4-11H,1-3H3,(H4,20,21,22,23). The first-order valence-corrected chi connectivity index (χ1v) is 7.60. The van der Waals surface area contributed by atoms with Crippen molar-refractivity contribution in [3.05, 3.63) is 53.6 Å². The number of nitrogens with zero attached hydrogens (tertiary/aromatic N) is 1. The van der Waals surface area contributed by atoms with Gasteiger partial charge in [0, 0.05) is 11.1 Å². The molecule has 0 aliphatic heterocycles. The van der Waals surface area contributed by atoms with E-state index in [1.165, 1.54) is 0 Å². The zero-order valence-electron chi connectivity index (χ0n) is 14.4. The number of nitrogens with two attached hydrogens (primary N) is 2. The van der Waals surface area contributed by atoms with E-state index in [9.17, 15) is 4.79 Å². The Labute approximate surface area is 146 Å². The molecular weight excluding hydrogens is 318 g/mol. The van der Waals surface area contributed by atoms with Crippen LogP contribution in [0.15, 0.2) is 53.0 Å². The molecule has 0 saturated heterocycles. The summed E-state index contributed by atoms with van der Waals surface area (Å²) in [6.45, 7) is 1.66. The molecular formula is C19H21N3O3. The van der Waals surface area contributed by atoms with Crippen molar-refractivity contribution in [1.82, 2.24) is 0 Å². The molecule has 2 rings (SSSR count). The maximum atomic E-state index is 12.0. The summed E-state index contributed by atoms with van der Waals surface area (Å²) in [6, 6.07) is 13.3. The number of methoxy groups -OCH3 is 2. The molecule has 0 unspecified atom stereocenters. The van der Waals surface area contributed by atoms with Crippen LogP contribution >= 0.6 is 0 Å². The average Bonchev–Trinajstić information content (AvgIpc) is 2.60. The van der Waals surface area contributed by atoms with Crippen molar-refractivity contribution in [3.8, 4) is 22.6 Å². The van der Waals surface area contributed by atoms with Crippen LogP contribution < -0.4 is 20.9 Å². The van der Waals surface area contributed by atoms with E-state index in [-0.39, 0.29) is 5.96 Å². The molecule has 0 spiro atoms. The van der Waals surface area contributed by atoms with Crippen molar-refractivity contribution in [2.45, 2.75) is 6.92 Å². The predicted molar refractivity (Wildman–Crippen MR) is 99.4 cm³/mol. The molecule has 25 heavy (non-hydrogen) atoms. The summed E-state index contributed by atoms with van der Waals surface area (Å²) in [5, 5.41) is 0. The number of ether oxygens (including phenoxy) is 2. The molecule has 6 heteroatoms. The largest absolute Gasteiger partial charge is 0.493 e. The Hall–Kier alpha value is -3.28. The zero-order chi connectivity index (χ0) is 18.4. The third-order valence-corrected chi connectivity index (χ3v) is 3.59. The number of carbonyl (C=O) groups excluding carboxylic acids is 1. The zero-order valence-corrected chi connectivity index (χ0v) is 14.4. The Balaban J connectivity index is 2.57. The third kappa shape index (κ3) is 4.17. The second-order valence-corrected chi connectivity index (χ2v) is 5.30. The molecule has 0 saturated carbocycles. The van der Waals surface area contributed by atoms with E-state index in [0.717, 1.165) is 16.7 Å². The predicted octanol–water partition coefficient (Wildman–Crippen LogP) is 2.57. The second-order valence-electron chi connectivity index (χ2n) is 5.30. The first kappa shape index (κ1) is 18.1. The van der Waals surface area contributed by atoms with Crippen molar-refractivity contribution in [1.29, 1.82) is 0 Å². The van der Waals surface area contributed by atoms with Gasteiger partial charge in [0.05, 0.1) is 14.2 Å². The minimum atomic E-state index is -0.479. The maximum Gasteiger partial charge on any atom is 0.275 e. The summed E-state index contributed by atoms with van der Waals surface area (Å²) < 4.78 is 10.9. The van der Waals surface area contributed by atoms with E-state index < -0.39 is 5.91 Å². The van der Waals surface area contributed by atoms with Crippen molar-refractivity contribution >= 4 is 17.9 Å². The number of aliphatic imine (C=N–C) groups is 1. The van der Waals surface area contributed by atoms with E-state index in [0.29, 0.717) is 17.1 Å². The van der Waals surface area contributed by atoms with Gasteiger partial charge in [0.15, 0.2) is 17.5 Å². The van der Waals surface area contributed by atoms with Gasteiger partial charge in [0.2, 0.25) is 0 Å². The topological polar surface area (TPSA) is 99.9 Å². The summed E-state index contributed by atoms with van der Waals surface area (Å²) in [6.07, 6.45) is 1.74. The molecule has 130 valence electrons. The van der Waals surface area contributed by atoms with E-state index in [2.05, 4.69) is 4.99 Å². The number of rotatable bonds is 5. The van der Waals surface area contributed by atoms with Gasteiger partial charge in [-0.3, -0.25) is 4.79 Å². The van der Waals surface area contributed by atoms with Gasteiger partial charge >= 0.3 is 0 Å². The molecule has 0 atom stereocenters. The van der Waals surface area contributed by atoms with Crippen molar-refractivity contribution < 1.29 is 14.3 Å². The summed E-state index contributed by atoms with van der Waals surface area (Å²) in [5.74, 6) is 0.513. The Bertz CT molecular complexity index is 838. The minimum Gasteiger partial charge on any atom is -0.493 e. The summed E-state index contributed by atoms with van der Waals surface area (Å²) in [5.41, 5.74) is 13.5. The fourth-order valence-electron chi connectivity index (χ4n) is 2.47. The number of guanidine groups is 1. The van der Waals surface area contributed by atoms with Crippen LogP contribution in [0.5, 0.6) is 11.5 Å². The van der Waals surface area contributed by atoms with Gasteiger partial charge in [-0.1, -0.05) is 36.4 Å². The molecule has 0 aromatic heterocycles. The number of para-hydroxylation sites is 1. The van der Waals surface area contributed by atoms with Gasteiger partial charge in [0.25, 0.3) is 5.91 Å². The van der Waals surface area contributed by atoms with Gasteiger partial charge in [-0.05, 0) is 30.2 Å². The molecule has 0 heterocycles. The average molecular weight is 339 g/mol. The molecule has 6 nitrogen and oxygen atoms in total. The number of hydrogen-bond donors (Lipinski definition) is 2. The Morgan fingerprint density at radius 3 is 2.32 bits per heavy atom. The van der Waals surface area contributed by atoms with Crippen LogP contribution in [0.1, 0.15) is 12.5 Å². The lowest BCUT2D eigenvalue weighted by Crippen LogP contribution is -2.24. The highest BCUT2D eigenvalue weighted by atomic mass is 16.5. The van der Waals surface area contributed by atoms with Gasteiger partial charge in [-0.2, -0.15) is 4.99 Å². The molecule has 1 amide bonds. The first-order chi connectivity index (χ1) is 12.0. The quantitative estimate of drug-likeness (QED) is 0.495. The molecule has 0 radical (unpaired) electrons. The number of benzene rings is 2. The molecule has 0 aliphatic rings. The van der Waals surface area contributed by atoms with Gasteiger partial charge in [-0.15, -0.1) is 0 Å². The highest BCUT2D eigenvalue weighted by Gasteiger charge is 2.14. The van der Waals surface area contributed by atoms with E-state index in [1.54, 1.807) is 27.2 Å². The highest BCUT2D eigenvalue weighted by Crippen LogP contribution is 2.39. The maximum absolute atomic E-state index is 12.0.